The molecule has 0 fully saturated rings. The van der Waals surface area contributed by atoms with Gasteiger partial charge in [-0.25, -0.2) is 0 Å². The molecule has 13 rings (SSSR count). The van der Waals surface area contributed by atoms with E-state index in [9.17, 15) is 0 Å². The van der Waals surface area contributed by atoms with E-state index in [0.29, 0.717) is 5.92 Å². The van der Waals surface area contributed by atoms with Crippen LogP contribution in [0, 0.1) is 5.92 Å². The molecule has 0 radical (unpaired) electrons. The molecule has 0 bridgehead atoms. The van der Waals surface area contributed by atoms with Gasteiger partial charge in [-0.2, -0.15) is 0 Å². The second-order valence-corrected chi connectivity index (χ2v) is 18.4. The van der Waals surface area contributed by atoms with Gasteiger partial charge in [0, 0.05) is 28.4 Å². The number of unbranched alkanes of at least 4 members (excludes halogenated alkanes) is 1. The summed E-state index contributed by atoms with van der Waals surface area (Å²) in [6, 6.07) is 73.1. The summed E-state index contributed by atoms with van der Waals surface area (Å²) < 4.78 is 2.73. The summed E-state index contributed by atoms with van der Waals surface area (Å²) in [6.45, 7) is 5.72. The van der Waals surface area contributed by atoms with Crippen LogP contribution in [0.4, 0.5) is 0 Å². The number of hydrogen-bond donors (Lipinski definition) is 0. The minimum Gasteiger partial charge on any atom is -0.340 e. The zero-order valence-corrected chi connectivity index (χ0v) is 37.0. The van der Waals surface area contributed by atoms with Crippen LogP contribution < -0.4 is 0 Å². The Morgan fingerprint density at radius 3 is 1.00 bits per heavy atom. The minimum atomic E-state index is 0.575. The maximum absolute atomic E-state index is 2.73. The lowest BCUT2D eigenvalue weighted by atomic mass is 9.90. The first-order valence-corrected chi connectivity index (χ1v) is 23.8. The van der Waals surface area contributed by atoms with Gasteiger partial charge in [0.25, 0.3) is 0 Å². The third-order valence-electron chi connectivity index (χ3n) is 14.9. The molecule has 1 nitrogen and oxygen atoms in total. The molecular weight excluding hydrogens is 783 g/mol. The van der Waals surface area contributed by atoms with Crippen LogP contribution in [-0.4, -0.2) is 4.57 Å². The molecule has 0 saturated heterocycles. The molecule has 0 amide bonds. The Hall–Kier alpha value is -7.48. The fourth-order valence-electron chi connectivity index (χ4n) is 12.0. The average molecular weight is 832 g/mol. The van der Waals surface area contributed by atoms with Gasteiger partial charge >= 0.3 is 0 Å². The first-order chi connectivity index (χ1) is 32.2. The molecule has 310 valence electrons. The van der Waals surface area contributed by atoms with Crippen LogP contribution in [0.25, 0.3) is 66.4 Å². The van der Waals surface area contributed by atoms with Crippen molar-refractivity contribution < 1.29 is 0 Å². The summed E-state index contributed by atoms with van der Waals surface area (Å²) in [5, 5.41) is 2.67. The van der Waals surface area contributed by atoms with Gasteiger partial charge in [-0.1, -0.05) is 203 Å². The van der Waals surface area contributed by atoms with Crippen molar-refractivity contribution in [3.05, 3.63) is 261 Å². The molecule has 65 heavy (non-hydrogen) atoms. The highest BCUT2D eigenvalue weighted by Gasteiger charge is 2.40. The zero-order chi connectivity index (χ0) is 43.2. The van der Waals surface area contributed by atoms with Crippen molar-refractivity contribution in [3.63, 3.8) is 0 Å². The van der Waals surface area contributed by atoms with Gasteiger partial charge in [0.15, 0.2) is 0 Å². The van der Waals surface area contributed by atoms with Crippen LogP contribution in [0.15, 0.2) is 194 Å². The Balaban J connectivity index is 1.16. The fourth-order valence-corrected chi connectivity index (χ4v) is 12.0. The van der Waals surface area contributed by atoms with E-state index >= 15 is 0 Å². The van der Waals surface area contributed by atoms with Crippen molar-refractivity contribution in [3.8, 4) is 0 Å². The largest absolute Gasteiger partial charge is 0.340 e. The fraction of sp³-hybridized carbons (Fsp3) is 0.125. The predicted molar refractivity (Wildman–Crippen MR) is 275 cm³/mol. The molecule has 0 spiro atoms. The minimum absolute atomic E-state index is 0.575. The Morgan fingerprint density at radius 2 is 0.646 bits per heavy atom. The number of fused-ring (bicyclic) bond motifs is 13. The van der Waals surface area contributed by atoms with Crippen molar-refractivity contribution in [2.45, 2.75) is 46.1 Å². The molecule has 0 saturated carbocycles. The Morgan fingerprint density at radius 1 is 0.338 bits per heavy atom. The molecule has 1 atom stereocenters. The van der Waals surface area contributed by atoms with E-state index in [-0.39, 0.29) is 0 Å². The van der Waals surface area contributed by atoms with E-state index < -0.39 is 0 Å². The second kappa shape index (κ2) is 15.1. The van der Waals surface area contributed by atoms with Crippen molar-refractivity contribution >= 4 is 66.4 Å². The summed E-state index contributed by atoms with van der Waals surface area (Å²) in [5.74, 6) is 0.575. The maximum atomic E-state index is 2.73. The molecule has 1 unspecified atom stereocenters. The van der Waals surface area contributed by atoms with Gasteiger partial charge in [0.1, 0.15) is 0 Å². The molecule has 4 aliphatic rings. The lowest BCUT2D eigenvalue weighted by molar-refractivity contribution is 0.401. The summed E-state index contributed by atoms with van der Waals surface area (Å²) >= 11 is 0. The van der Waals surface area contributed by atoms with Crippen molar-refractivity contribution in [2.75, 3.05) is 0 Å². The number of aromatic nitrogens is 1. The van der Waals surface area contributed by atoms with E-state index in [1.165, 1.54) is 152 Å². The molecule has 4 aliphatic carbocycles. The van der Waals surface area contributed by atoms with Gasteiger partial charge in [0.05, 0.1) is 0 Å². The Labute approximate surface area is 382 Å². The average Bonchev–Trinajstić information content (AvgIpc) is 4.14. The third kappa shape index (κ3) is 5.64. The molecule has 1 heteroatoms. The van der Waals surface area contributed by atoms with Crippen LogP contribution in [0.5, 0.6) is 0 Å². The number of rotatable bonds is 10. The summed E-state index contributed by atoms with van der Waals surface area (Å²) in [7, 11) is 0. The number of benzene rings is 8. The van der Waals surface area contributed by atoms with Gasteiger partial charge in [-0.15, -0.1) is 0 Å². The molecule has 9 aromatic rings. The molecule has 0 N–H and O–H groups in total. The predicted octanol–water partition coefficient (Wildman–Crippen LogP) is 16.5. The summed E-state index contributed by atoms with van der Waals surface area (Å²) in [6.07, 6.45) is 4.86. The highest BCUT2D eigenvalue weighted by Crippen LogP contribution is 2.61. The topological polar surface area (TPSA) is 4.93 Å². The van der Waals surface area contributed by atoms with Crippen molar-refractivity contribution in [1.82, 2.24) is 4.57 Å². The second-order valence-electron chi connectivity index (χ2n) is 18.4. The van der Waals surface area contributed by atoms with E-state index in [0.717, 1.165) is 13.0 Å². The lowest BCUT2D eigenvalue weighted by Gasteiger charge is -2.19. The first kappa shape index (κ1) is 38.0. The van der Waals surface area contributed by atoms with Crippen LogP contribution in [0.1, 0.15) is 106 Å². The summed E-state index contributed by atoms with van der Waals surface area (Å²) in [5.41, 5.74) is 29.2. The molecule has 1 aromatic heterocycles. The number of nitrogens with zero attached hydrogens (tertiary/aromatic N) is 1. The van der Waals surface area contributed by atoms with Crippen LogP contribution >= 0.6 is 0 Å². The van der Waals surface area contributed by atoms with Gasteiger partial charge in [0.2, 0.25) is 0 Å². The Kier molecular flexibility index (Phi) is 8.81. The van der Waals surface area contributed by atoms with Crippen molar-refractivity contribution in [1.29, 1.82) is 0 Å². The maximum Gasteiger partial charge on any atom is 0.0498 e. The smallest absolute Gasteiger partial charge is 0.0498 e. The van der Waals surface area contributed by atoms with Crippen LogP contribution in [0.3, 0.4) is 0 Å². The summed E-state index contributed by atoms with van der Waals surface area (Å²) in [4.78, 5) is 0. The number of allylic oxidation sites excluding steroid dienone is 4. The highest BCUT2D eigenvalue weighted by molar-refractivity contribution is 6.38. The molecular formula is C64H49N. The monoisotopic (exact) mass is 831 g/mol. The van der Waals surface area contributed by atoms with Crippen LogP contribution in [0.2, 0.25) is 0 Å². The van der Waals surface area contributed by atoms with E-state index in [1.807, 2.05) is 0 Å². The lowest BCUT2D eigenvalue weighted by Crippen LogP contribution is -2.10. The van der Waals surface area contributed by atoms with E-state index in [4.69, 9.17) is 0 Å². The third-order valence-corrected chi connectivity index (χ3v) is 14.9. The van der Waals surface area contributed by atoms with Crippen molar-refractivity contribution in [2.24, 2.45) is 5.92 Å². The van der Waals surface area contributed by atoms with E-state index in [1.54, 1.807) is 0 Å². The van der Waals surface area contributed by atoms with Gasteiger partial charge in [-0.3, -0.25) is 0 Å². The van der Waals surface area contributed by atoms with Gasteiger partial charge in [-0.05, 0) is 148 Å². The number of hydrogen-bond acceptors (Lipinski definition) is 0. The van der Waals surface area contributed by atoms with Gasteiger partial charge < -0.3 is 4.57 Å². The first-order valence-electron chi connectivity index (χ1n) is 23.8. The standard InChI is InChI=1S/C64H49N/c1-3-5-22-40(4-2)39-65-55-37-53-51(63-57(41-23-10-6-11-24-41)45-31-18-20-33-47(45)61(63)59(53)43-27-14-8-15-28-43)35-49(55)50-36-52-54(38-56(50)65)60(44-29-16-9-17-30-44)62-48-34-21-19-32-46(48)58(64(52)62)42-25-12-7-13-26-42/h6-21,23-38,40H,3-5,22,39H2,1-2H3. The quantitative estimate of drug-likeness (QED) is 0.129. The van der Waals surface area contributed by atoms with E-state index in [2.05, 4.69) is 213 Å². The normalized spacial score (nSPS) is 14.9. The molecule has 0 aliphatic heterocycles. The van der Waals surface area contributed by atoms with Crippen LogP contribution in [-0.2, 0) is 6.54 Å². The molecule has 1 heterocycles. The highest BCUT2D eigenvalue weighted by atomic mass is 15.0. The zero-order valence-electron chi connectivity index (χ0n) is 37.0. The molecule has 8 aromatic carbocycles. The SMILES string of the molecule is CCCCC(CC)Cn1c2cc3c(cc2c2cc4c(cc21)C(c1ccccc1)=C1C4=C(c2ccccc2)c2ccccc21)C1=C(c2ccccc2)c2ccccc2C1=C3c1ccccc1. The Bertz CT molecular complexity index is 3310.